The Morgan fingerprint density at radius 1 is 1.31 bits per heavy atom. The van der Waals surface area contributed by atoms with Gasteiger partial charge in [-0.2, -0.15) is 0 Å². The predicted molar refractivity (Wildman–Crippen MR) is 112 cm³/mol. The molecule has 2 N–H and O–H groups in total. The molecule has 3 aromatic heterocycles. The Morgan fingerprint density at radius 3 is 2.90 bits per heavy atom. The first-order valence-corrected chi connectivity index (χ1v) is 10.7. The Bertz CT molecular complexity index is 1040. The summed E-state index contributed by atoms with van der Waals surface area (Å²) in [5, 5.41) is 12.7. The van der Waals surface area contributed by atoms with Crippen molar-refractivity contribution < 1.29 is 19.4 Å². The highest BCUT2D eigenvalue weighted by Crippen LogP contribution is 2.28. The number of hydrogen-bond donors (Lipinski definition) is 2. The number of aliphatic hydroxyl groups is 1. The van der Waals surface area contributed by atoms with E-state index in [9.17, 15) is 9.59 Å². The number of ether oxygens (including phenoxy) is 1. The van der Waals surface area contributed by atoms with Gasteiger partial charge in [0.1, 0.15) is 23.2 Å². The summed E-state index contributed by atoms with van der Waals surface area (Å²) in [5.41, 5.74) is 0.564. The molecule has 0 spiro atoms. The van der Waals surface area contributed by atoms with Crippen LogP contribution in [0, 0.1) is 6.92 Å². The van der Waals surface area contributed by atoms with Crippen LogP contribution in [0.5, 0.6) is 5.75 Å². The molecule has 10 heteroatoms. The number of ketones is 1. The maximum Gasteiger partial charge on any atom is 0.246 e. The van der Waals surface area contributed by atoms with Gasteiger partial charge < -0.3 is 15.2 Å². The number of thiophene rings is 1. The lowest BCUT2D eigenvalue weighted by molar-refractivity contribution is -0.123. The molecule has 3 rings (SSSR count). The van der Waals surface area contributed by atoms with E-state index < -0.39 is 12.5 Å². The molecule has 0 aliphatic carbocycles. The van der Waals surface area contributed by atoms with Crippen LogP contribution < -0.4 is 10.1 Å². The second-order valence-electron chi connectivity index (χ2n) is 5.96. The molecule has 0 saturated carbocycles. The van der Waals surface area contributed by atoms with Gasteiger partial charge in [-0.05, 0) is 32.0 Å². The van der Waals surface area contributed by atoms with Crippen LogP contribution in [0.1, 0.15) is 27.3 Å². The summed E-state index contributed by atoms with van der Waals surface area (Å²) in [6, 6.07) is 5.37. The summed E-state index contributed by atoms with van der Waals surface area (Å²) in [5.74, 6) is 0.953. The fraction of sp³-hybridized carbons (Fsp3) is 0.316. The number of Topliss-reactive ketones (excluding diaryl/α,β-unsaturated/α-hetero) is 1. The van der Waals surface area contributed by atoms with Crippen LogP contribution in [0.3, 0.4) is 0 Å². The van der Waals surface area contributed by atoms with Gasteiger partial charge in [-0.15, -0.1) is 11.3 Å². The van der Waals surface area contributed by atoms with Crippen LogP contribution in [-0.2, 0) is 11.3 Å². The molecule has 29 heavy (non-hydrogen) atoms. The van der Waals surface area contributed by atoms with Crippen molar-refractivity contribution in [3.8, 4) is 5.75 Å². The number of rotatable bonds is 9. The highest BCUT2D eigenvalue weighted by molar-refractivity contribution is 8.00. The standard InChI is InChI=1S/C19H20N4O4S2/c1-3-27-12-6-14-18(21-7-12)22-11(2)23-19(14)28-10-15(25)16-5-4-13(29-16)8-20-17(26)9-24/h4-7,24H,3,8-10H2,1-2H3,(H,20,26). The number of nitrogens with zero attached hydrogens (tertiary/aromatic N) is 3. The van der Waals surface area contributed by atoms with Gasteiger partial charge in [0.2, 0.25) is 5.91 Å². The summed E-state index contributed by atoms with van der Waals surface area (Å²) in [6.45, 7) is 3.94. The molecule has 0 unspecified atom stereocenters. The number of fused-ring (bicyclic) bond motifs is 1. The number of aromatic nitrogens is 3. The lowest BCUT2D eigenvalue weighted by Crippen LogP contribution is -2.25. The van der Waals surface area contributed by atoms with Crippen molar-refractivity contribution >= 4 is 45.8 Å². The molecule has 0 fully saturated rings. The minimum atomic E-state index is -0.556. The van der Waals surface area contributed by atoms with Gasteiger partial charge in [-0.1, -0.05) is 11.8 Å². The van der Waals surface area contributed by atoms with Crippen LogP contribution >= 0.6 is 23.1 Å². The van der Waals surface area contributed by atoms with Gasteiger partial charge in [0, 0.05) is 4.88 Å². The zero-order valence-corrected chi connectivity index (χ0v) is 17.6. The first kappa shape index (κ1) is 21.2. The van der Waals surface area contributed by atoms with Crippen molar-refractivity contribution in [3.05, 3.63) is 40.0 Å². The molecule has 0 aliphatic heterocycles. The number of thioether (sulfide) groups is 1. The molecule has 0 radical (unpaired) electrons. The molecule has 0 saturated heterocycles. The van der Waals surface area contributed by atoms with E-state index in [4.69, 9.17) is 9.84 Å². The predicted octanol–water partition coefficient (Wildman–Crippen LogP) is 2.38. The van der Waals surface area contributed by atoms with Crippen molar-refractivity contribution in [2.45, 2.75) is 25.4 Å². The minimum Gasteiger partial charge on any atom is -0.492 e. The highest BCUT2D eigenvalue weighted by Gasteiger charge is 2.14. The van der Waals surface area contributed by atoms with Crippen LogP contribution in [-0.4, -0.2) is 50.7 Å². The summed E-state index contributed by atoms with van der Waals surface area (Å²) in [4.78, 5) is 38.3. The Balaban J connectivity index is 1.71. The zero-order valence-electron chi connectivity index (χ0n) is 16.0. The highest BCUT2D eigenvalue weighted by atomic mass is 32.2. The molecule has 8 nitrogen and oxygen atoms in total. The molecular weight excluding hydrogens is 412 g/mol. The Labute approximate surface area is 175 Å². The molecule has 3 heterocycles. The number of carbonyl (C=O) groups excluding carboxylic acids is 2. The largest absolute Gasteiger partial charge is 0.492 e. The number of carbonyl (C=O) groups is 2. The first-order chi connectivity index (χ1) is 14.0. The number of pyridine rings is 1. The number of aryl methyl sites for hydroxylation is 1. The molecule has 3 aromatic rings. The fourth-order valence-electron chi connectivity index (χ4n) is 2.50. The van der Waals surface area contributed by atoms with Crippen molar-refractivity contribution in [1.29, 1.82) is 0 Å². The Hall–Kier alpha value is -2.56. The normalized spacial score (nSPS) is 10.9. The number of hydrogen-bond acceptors (Lipinski definition) is 9. The zero-order chi connectivity index (χ0) is 20.8. The van der Waals surface area contributed by atoms with E-state index in [1.807, 2.05) is 13.0 Å². The molecule has 152 valence electrons. The summed E-state index contributed by atoms with van der Waals surface area (Å²) in [6.07, 6.45) is 1.63. The average molecular weight is 433 g/mol. The van der Waals surface area contributed by atoms with Gasteiger partial charge in [0.15, 0.2) is 11.4 Å². The molecule has 0 aromatic carbocycles. The summed E-state index contributed by atoms with van der Waals surface area (Å²) >= 11 is 2.65. The number of amides is 1. The summed E-state index contributed by atoms with van der Waals surface area (Å²) < 4.78 is 5.51. The molecular formula is C19H20N4O4S2. The number of aliphatic hydroxyl groups excluding tert-OH is 1. The third-order valence-electron chi connectivity index (χ3n) is 3.79. The number of nitrogens with one attached hydrogen (secondary N) is 1. The van der Waals surface area contributed by atoms with Crippen molar-refractivity contribution in [1.82, 2.24) is 20.3 Å². The molecule has 0 bridgehead atoms. The van der Waals surface area contributed by atoms with E-state index in [0.717, 1.165) is 10.3 Å². The van der Waals surface area contributed by atoms with E-state index in [1.54, 1.807) is 25.3 Å². The Kier molecular flexibility index (Phi) is 7.13. The quantitative estimate of drug-likeness (QED) is 0.301. The SMILES string of the molecule is CCOc1cnc2nc(C)nc(SCC(=O)c3ccc(CNC(=O)CO)s3)c2c1. The monoisotopic (exact) mass is 432 g/mol. The van der Waals surface area contributed by atoms with Crippen LogP contribution in [0.2, 0.25) is 0 Å². The van der Waals surface area contributed by atoms with Gasteiger partial charge in [0.05, 0.1) is 35.4 Å². The topological polar surface area (TPSA) is 114 Å². The Morgan fingerprint density at radius 2 is 2.14 bits per heavy atom. The van der Waals surface area contributed by atoms with Crippen molar-refractivity contribution in [2.24, 2.45) is 0 Å². The lowest BCUT2D eigenvalue weighted by atomic mass is 10.3. The van der Waals surface area contributed by atoms with E-state index in [-0.39, 0.29) is 18.1 Å². The van der Waals surface area contributed by atoms with E-state index in [2.05, 4.69) is 20.3 Å². The van der Waals surface area contributed by atoms with Crippen LogP contribution in [0.4, 0.5) is 0 Å². The van der Waals surface area contributed by atoms with Crippen LogP contribution in [0.25, 0.3) is 11.0 Å². The lowest BCUT2D eigenvalue weighted by Gasteiger charge is -2.08. The third kappa shape index (κ3) is 5.49. The van der Waals surface area contributed by atoms with Crippen LogP contribution in [0.15, 0.2) is 29.4 Å². The van der Waals surface area contributed by atoms with Gasteiger partial charge >= 0.3 is 0 Å². The molecule has 0 atom stereocenters. The second-order valence-corrected chi connectivity index (χ2v) is 8.10. The molecule has 0 aliphatic rings. The smallest absolute Gasteiger partial charge is 0.246 e. The van der Waals surface area contributed by atoms with Gasteiger partial charge in [-0.3, -0.25) is 9.59 Å². The van der Waals surface area contributed by atoms with Crippen molar-refractivity contribution in [3.63, 3.8) is 0 Å². The first-order valence-electron chi connectivity index (χ1n) is 8.89. The minimum absolute atomic E-state index is 0.0296. The van der Waals surface area contributed by atoms with E-state index in [1.165, 1.54) is 23.1 Å². The second kappa shape index (κ2) is 9.77. The van der Waals surface area contributed by atoms with Crippen molar-refractivity contribution in [2.75, 3.05) is 19.0 Å². The van der Waals surface area contributed by atoms with E-state index >= 15 is 0 Å². The average Bonchev–Trinajstić information content (AvgIpc) is 3.19. The third-order valence-corrected chi connectivity index (χ3v) is 5.91. The summed E-state index contributed by atoms with van der Waals surface area (Å²) in [7, 11) is 0. The fourth-order valence-corrected chi connectivity index (χ4v) is 4.40. The maximum atomic E-state index is 12.6. The maximum absolute atomic E-state index is 12.6. The molecule has 1 amide bonds. The van der Waals surface area contributed by atoms with E-state index in [0.29, 0.717) is 33.7 Å². The van der Waals surface area contributed by atoms with Gasteiger partial charge in [0.25, 0.3) is 0 Å². The van der Waals surface area contributed by atoms with Gasteiger partial charge in [-0.25, -0.2) is 15.0 Å².